The van der Waals surface area contributed by atoms with Gasteiger partial charge in [0.25, 0.3) is 0 Å². The number of carbonyl (C=O) groups excluding carboxylic acids is 1. The molecule has 2 heteroatoms. The number of aryl methyl sites for hydroxylation is 1. The van der Waals surface area contributed by atoms with Crippen LogP contribution in [0.1, 0.15) is 41.6 Å². The van der Waals surface area contributed by atoms with Gasteiger partial charge in [0.05, 0.1) is 0 Å². The van der Waals surface area contributed by atoms with Crippen LogP contribution >= 0.6 is 0 Å². The number of hydrogen-bond donors (Lipinski definition) is 1. The maximum Gasteiger partial charge on any atom is 0.194 e. The van der Waals surface area contributed by atoms with Crippen molar-refractivity contribution in [2.75, 3.05) is 0 Å². The topological polar surface area (TPSA) is 37.3 Å². The van der Waals surface area contributed by atoms with Crippen LogP contribution in [0.3, 0.4) is 0 Å². The van der Waals surface area contributed by atoms with E-state index in [1.54, 1.807) is 12.1 Å². The standard InChI is InChI=1S/C13H16O2/c1-10-4-6-11(7-5-10)12(14)13(15)8-2-3-9-13/h4-7,15H,2-3,8-9H2,1H3. The number of carbonyl (C=O) groups is 1. The average molecular weight is 204 g/mol. The molecule has 0 heterocycles. The molecule has 0 unspecified atom stereocenters. The molecule has 0 atom stereocenters. The van der Waals surface area contributed by atoms with Crippen LogP contribution in [0.25, 0.3) is 0 Å². The second-order valence-corrected chi connectivity index (χ2v) is 4.43. The van der Waals surface area contributed by atoms with Crippen molar-refractivity contribution in [2.24, 2.45) is 0 Å². The molecule has 1 aromatic rings. The van der Waals surface area contributed by atoms with Gasteiger partial charge in [0.1, 0.15) is 5.60 Å². The number of benzene rings is 1. The van der Waals surface area contributed by atoms with Crippen molar-refractivity contribution in [3.63, 3.8) is 0 Å². The Balaban J connectivity index is 2.24. The zero-order valence-corrected chi connectivity index (χ0v) is 8.99. The third-order valence-electron chi connectivity index (χ3n) is 3.17. The molecule has 15 heavy (non-hydrogen) atoms. The fourth-order valence-electron chi connectivity index (χ4n) is 2.16. The Morgan fingerprint density at radius 3 is 2.27 bits per heavy atom. The van der Waals surface area contributed by atoms with Crippen LogP contribution in [-0.2, 0) is 0 Å². The second-order valence-electron chi connectivity index (χ2n) is 4.43. The fraction of sp³-hybridized carbons (Fsp3) is 0.462. The van der Waals surface area contributed by atoms with Crippen molar-refractivity contribution in [3.8, 4) is 0 Å². The molecule has 2 nitrogen and oxygen atoms in total. The van der Waals surface area contributed by atoms with Crippen molar-refractivity contribution < 1.29 is 9.90 Å². The Morgan fingerprint density at radius 1 is 1.20 bits per heavy atom. The van der Waals surface area contributed by atoms with E-state index < -0.39 is 5.60 Å². The van der Waals surface area contributed by atoms with E-state index in [1.165, 1.54) is 0 Å². The maximum absolute atomic E-state index is 12.0. The predicted molar refractivity (Wildman–Crippen MR) is 58.9 cm³/mol. The van der Waals surface area contributed by atoms with E-state index in [-0.39, 0.29) is 5.78 Å². The summed E-state index contributed by atoms with van der Waals surface area (Å²) in [5.74, 6) is -0.111. The highest BCUT2D eigenvalue weighted by Crippen LogP contribution is 2.32. The zero-order valence-electron chi connectivity index (χ0n) is 8.99. The van der Waals surface area contributed by atoms with Crippen LogP contribution in [0.15, 0.2) is 24.3 Å². The van der Waals surface area contributed by atoms with E-state index in [1.807, 2.05) is 19.1 Å². The first-order valence-electron chi connectivity index (χ1n) is 5.46. The van der Waals surface area contributed by atoms with Crippen LogP contribution in [0, 0.1) is 6.92 Å². The summed E-state index contributed by atoms with van der Waals surface area (Å²) in [4.78, 5) is 12.0. The first-order chi connectivity index (χ1) is 7.12. The van der Waals surface area contributed by atoms with Gasteiger partial charge in [0.15, 0.2) is 5.78 Å². The zero-order chi connectivity index (χ0) is 10.9. The summed E-state index contributed by atoms with van der Waals surface area (Å²) in [6, 6.07) is 7.42. The average Bonchev–Trinajstić information content (AvgIpc) is 2.67. The van der Waals surface area contributed by atoms with Gasteiger partial charge >= 0.3 is 0 Å². The summed E-state index contributed by atoms with van der Waals surface area (Å²) in [5.41, 5.74) is 0.671. The Kier molecular flexibility index (Phi) is 2.61. The van der Waals surface area contributed by atoms with E-state index in [0.717, 1.165) is 18.4 Å². The van der Waals surface area contributed by atoms with Crippen molar-refractivity contribution >= 4 is 5.78 Å². The molecule has 0 aromatic heterocycles. The number of ketones is 1. The molecule has 1 aliphatic rings. The molecule has 0 spiro atoms. The van der Waals surface area contributed by atoms with Crippen LogP contribution in [0.4, 0.5) is 0 Å². The Hall–Kier alpha value is -1.15. The van der Waals surface area contributed by atoms with E-state index in [9.17, 15) is 9.90 Å². The predicted octanol–water partition coefficient (Wildman–Crippen LogP) is 2.48. The van der Waals surface area contributed by atoms with Crippen molar-refractivity contribution in [1.29, 1.82) is 0 Å². The quantitative estimate of drug-likeness (QED) is 0.751. The van der Waals surface area contributed by atoms with Crippen LogP contribution in [0.2, 0.25) is 0 Å². The summed E-state index contributed by atoms with van der Waals surface area (Å²) in [5, 5.41) is 10.1. The molecule has 0 amide bonds. The number of aliphatic hydroxyl groups is 1. The van der Waals surface area contributed by atoms with Gasteiger partial charge in [-0.1, -0.05) is 29.8 Å². The Bertz CT molecular complexity index is 359. The minimum atomic E-state index is -1.09. The van der Waals surface area contributed by atoms with Crippen LogP contribution in [-0.4, -0.2) is 16.5 Å². The first kappa shape index (κ1) is 10.4. The fourth-order valence-corrected chi connectivity index (χ4v) is 2.16. The van der Waals surface area contributed by atoms with E-state index >= 15 is 0 Å². The second kappa shape index (κ2) is 3.78. The van der Waals surface area contributed by atoms with Gasteiger partial charge in [-0.3, -0.25) is 4.79 Å². The minimum Gasteiger partial charge on any atom is -0.382 e. The van der Waals surface area contributed by atoms with E-state index in [2.05, 4.69) is 0 Å². The van der Waals surface area contributed by atoms with Gasteiger partial charge in [-0.05, 0) is 32.6 Å². The van der Waals surface area contributed by atoms with Crippen molar-refractivity contribution in [2.45, 2.75) is 38.2 Å². The molecule has 80 valence electrons. The molecular weight excluding hydrogens is 188 g/mol. The third-order valence-corrected chi connectivity index (χ3v) is 3.17. The number of Topliss-reactive ketones (excluding diaryl/α,β-unsaturated/α-hetero) is 1. The van der Waals surface area contributed by atoms with Gasteiger partial charge < -0.3 is 5.11 Å². The molecule has 0 radical (unpaired) electrons. The molecule has 1 aliphatic carbocycles. The normalized spacial score (nSPS) is 19.1. The summed E-state index contributed by atoms with van der Waals surface area (Å²) in [6.07, 6.45) is 3.13. The van der Waals surface area contributed by atoms with Gasteiger partial charge in [-0.2, -0.15) is 0 Å². The highest BCUT2D eigenvalue weighted by molar-refractivity contribution is 6.02. The Labute approximate surface area is 89.9 Å². The smallest absolute Gasteiger partial charge is 0.194 e. The van der Waals surface area contributed by atoms with Gasteiger partial charge in [0, 0.05) is 5.56 Å². The van der Waals surface area contributed by atoms with Crippen molar-refractivity contribution in [1.82, 2.24) is 0 Å². The first-order valence-corrected chi connectivity index (χ1v) is 5.46. The SMILES string of the molecule is Cc1ccc(C(=O)C2(O)CCCC2)cc1. The molecular formula is C13H16O2. The molecule has 0 bridgehead atoms. The lowest BCUT2D eigenvalue weighted by atomic mass is 9.91. The summed E-state index contributed by atoms with van der Waals surface area (Å²) < 4.78 is 0. The molecule has 1 aromatic carbocycles. The monoisotopic (exact) mass is 204 g/mol. The summed E-state index contributed by atoms with van der Waals surface area (Å²) >= 11 is 0. The number of rotatable bonds is 2. The lowest BCUT2D eigenvalue weighted by Gasteiger charge is -2.20. The van der Waals surface area contributed by atoms with Gasteiger partial charge in [-0.25, -0.2) is 0 Å². The minimum absolute atomic E-state index is 0.111. The molecule has 0 saturated heterocycles. The van der Waals surface area contributed by atoms with E-state index in [0.29, 0.717) is 18.4 Å². The molecule has 0 aliphatic heterocycles. The van der Waals surface area contributed by atoms with Crippen molar-refractivity contribution in [3.05, 3.63) is 35.4 Å². The largest absolute Gasteiger partial charge is 0.382 e. The highest BCUT2D eigenvalue weighted by Gasteiger charge is 2.38. The third kappa shape index (κ3) is 1.95. The lowest BCUT2D eigenvalue weighted by Crippen LogP contribution is -2.35. The molecule has 1 fully saturated rings. The van der Waals surface area contributed by atoms with Gasteiger partial charge in [-0.15, -0.1) is 0 Å². The van der Waals surface area contributed by atoms with Crippen LogP contribution < -0.4 is 0 Å². The Morgan fingerprint density at radius 2 is 1.73 bits per heavy atom. The molecule has 1 N–H and O–H groups in total. The van der Waals surface area contributed by atoms with Crippen LogP contribution in [0.5, 0.6) is 0 Å². The highest BCUT2D eigenvalue weighted by atomic mass is 16.3. The lowest BCUT2D eigenvalue weighted by molar-refractivity contribution is 0.0353. The summed E-state index contributed by atoms with van der Waals surface area (Å²) in [7, 11) is 0. The molecule has 1 saturated carbocycles. The van der Waals surface area contributed by atoms with Gasteiger partial charge in [0.2, 0.25) is 0 Å². The molecule has 2 rings (SSSR count). The van der Waals surface area contributed by atoms with E-state index in [4.69, 9.17) is 0 Å². The summed E-state index contributed by atoms with van der Waals surface area (Å²) in [6.45, 7) is 1.98. The maximum atomic E-state index is 12.0. The number of hydrogen-bond acceptors (Lipinski definition) is 2.